The molecule has 3 heteroatoms. The summed E-state index contributed by atoms with van der Waals surface area (Å²) < 4.78 is 5.89. The maximum atomic E-state index is 12.5. The summed E-state index contributed by atoms with van der Waals surface area (Å²) in [5.41, 5.74) is 3.22. The summed E-state index contributed by atoms with van der Waals surface area (Å²) in [4.78, 5) is 12.5. The predicted molar refractivity (Wildman–Crippen MR) is 90.4 cm³/mol. The zero-order valence-corrected chi connectivity index (χ0v) is 12.3. The van der Waals surface area contributed by atoms with E-state index in [1.807, 2.05) is 60.7 Å². The van der Waals surface area contributed by atoms with Gasteiger partial charge in [-0.15, -0.1) is 0 Å². The molecule has 0 N–H and O–H groups in total. The lowest BCUT2D eigenvalue weighted by Crippen LogP contribution is -2.01. The number of benzene rings is 3. The van der Waals surface area contributed by atoms with Crippen molar-refractivity contribution >= 4 is 33.5 Å². The second-order valence-electron chi connectivity index (χ2n) is 5.15. The first-order chi connectivity index (χ1) is 10.7. The van der Waals surface area contributed by atoms with E-state index in [2.05, 4.69) is 0 Å². The van der Waals surface area contributed by atoms with Crippen molar-refractivity contribution in [1.29, 1.82) is 0 Å². The smallest absolute Gasteiger partial charge is 0.200 e. The Kier molecular flexibility index (Phi) is 2.98. The van der Waals surface area contributed by atoms with Crippen molar-refractivity contribution in [2.75, 3.05) is 0 Å². The van der Waals surface area contributed by atoms with Crippen LogP contribution in [0.5, 0.6) is 0 Å². The van der Waals surface area contributed by atoms with Gasteiger partial charge in [0.15, 0.2) is 0 Å². The normalized spacial score (nSPS) is 11.1. The lowest BCUT2D eigenvalue weighted by atomic mass is 10.0. The van der Waals surface area contributed by atoms with Crippen molar-refractivity contribution in [3.05, 3.63) is 82.0 Å². The number of hydrogen-bond acceptors (Lipinski definition) is 2. The van der Waals surface area contributed by atoms with Gasteiger partial charge in [-0.3, -0.25) is 4.79 Å². The van der Waals surface area contributed by atoms with Crippen molar-refractivity contribution in [1.82, 2.24) is 0 Å². The highest BCUT2D eigenvalue weighted by atomic mass is 35.5. The fourth-order valence-corrected chi connectivity index (χ4v) is 2.75. The van der Waals surface area contributed by atoms with Crippen molar-refractivity contribution < 1.29 is 4.42 Å². The third kappa shape index (κ3) is 2.09. The minimum atomic E-state index is -0.000457. The van der Waals surface area contributed by atoms with Gasteiger partial charge in [-0.25, -0.2) is 0 Å². The molecule has 0 fully saturated rings. The summed E-state index contributed by atoms with van der Waals surface area (Å²) >= 11 is 5.92. The summed E-state index contributed by atoms with van der Waals surface area (Å²) in [6, 6.07) is 20.5. The number of rotatable bonds is 1. The fourth-order valence-electron chi connectivity index (χ4n) is 2.62. The Balaban J connectivity index is 1.99. The van der Waals surface area contributed by atoms with Crippen LogP contribution in [0.25, 0.3) is 33.1 Å². The highest BCUT2D eigenvalue weighted by Crippen LogP contribution is 2.26. The topological polar surface area (TPSA) is 30.2 Å². The molecule has 2 nitrogen and oxygen atoms in total. The van der Waals surface area contributed by atoms with Crippen LogP contribution in [0.3, 0.4) is 0 Å². The van der Waals surface area contributed by atoms with E-state index < -0.39 is 0 Å². The predicted octanol–water partition coefficient (Wildman–Crippen LogP) is 5.27. The third-order valence-electron chi connectivity index (χ3n) is 3.76. The lowest BCUT2D eigenvalue weighted by molar-refractivity contribution is 0.660. The zero-order valence-electron chi connectivity index (χ0n) is 11.5. The molecule has 4 aromatic rings. The SMILES string of the molecule is O=c1c2ccccc2oc2cc(-c3ccc(Cl)cc3)ccc12. The molecule has 0 saturated carbocycles. The molecule has 0 saturated heterocycles. The van der Waals surface area contributed by atoms with Crippen molar-refractivity contribution in [2.45, 2.75) is 0 Å². The summed E-state index contributed by atoms with van der Waals surface area (Å²) in [5, 5.41) is 1.90. The van der Waals surface area contributed by atoms with E-state index in [1.54, 1.807) is 6.07 Å². The van der Waals surface area contributed by atoms with Gasteiger partial charge in [0.25, 0.3) is 0 Å². The maximum Gasteiger partial charge on any atom is 0.200 e. The molecule has 106 valence electrons. The van der Waals surface area contributed by atoms with Crippen LogP contribution in [0.1, 0.15) is 0 Å². The standard InChI is InChI=1S/C19H11ClO2/c20-14-8-5-12(6-9-14)13-7-10-16-18(11-13)22-17-4-2-1-3-15(17)19(16)21/h1-11H. The molecule has 1 heterocycles. The van der Waals surface area contributed by atoms with Crippen molar-refractivity contribution in [2.24, 2.45) is 0 Å². The fraction of sp³-hybridized carbons (Fsp3) is 0. The number of para-hydroxylation sites is 1. The van der Waals surface area contributed by atoms with Crippen LogP contribution in [0.15, 0.2) is 75.9 Å². The molecular weight excluding hydrogens is 296 g/mol. The Bertz CT molecular complexity index is 1050. The Hall–Kier alpha value is -2.58. The molecular formula is C19H11ClO2. The average Bonchev–Trinajstić information content (AvgIpc) is 2.55. The second kappa shape index (κ2) is 5.00. The first-order valence-electron chi connectivity index (χ1n) is 6.94. The van der Waals surface area contributed by atoms with E-state index in [0.717, 1.165) is 11.1 Å². The molecule has 0 atom stereocenters. The van der Waals surface area contributed by atoms with Gasteiger partial charge in [0, 0.05) is 5.02 Å². The molecule has 0 amide bonds. The van der Waals surface area contributed by atoms with E-state index in [-0.39, 0.29) is 5.43 Å². The van der Waals surface area contributed by atoms with Gasteiger partial charge in [0.1, 0.15) is 11.2 Å². The maximum absolute atomic E-state index is 12.5. The van der Waals surface area contributed by atoms with Crippen molar-refractivity contribution in [3.8, 4) is 11.1 Å². The molecule has 0 spiro atoms. The molecule has 3 aromatic carbocycles. The van der Waals surface area contributed by atoms with Crippen LogP contribution in [0.4, 0.5) is 0 Å². The van der Waals surface area contributed by atoms with Crippen LogP contribution in [-0.2, 0) is 0 Å². The van der Waals surface area contributed by atoms with Crippen LogP contribution in [0.2, 0.25) is 5.02 Å². The largest absolute Gasteiger partial charge is 0.456 e. The van der Waals surface area contributed by atoms with Gasteiger partial charge < -0.3 is 4.42 Å². The van der Waals surface area contributed by atoms with Crippen LogP contribution < -0.4 is 5.43 Å². The van der Waals surface area contributed by atoms with E-state index in [0.29, 0.717) is 27.0 Å². The Labute approximate surface area is 131 Å². The molecule has 1 aromatic heterocycles. The molecule has 0 aliphatic rings. The van der Waals surface area contributed by atoms with E-state index in [1.165, 1.54) is 0 Å². The number of halogens is 1. The molecule has 0 aliphatic heterocycles. The third-order valence-corrected chi connectivity index (χ3v) is 4.01. The zero-order chi connectivity index (χ0) is 15.1. The summed E-state index contributed by atoms with van der Waals surface area (Å²) in [6.07, 6.45) is 0. The minimum absolute atomic E-state index is 0.000457. The minimum Gasteiger partial charge on any atom is -0.456 e. The highest BCUT2D eigenvalue weighted by molar-refractivity contribution is 6.30. The van der Waals surface area contributed by atoms with Crippen LogP contribution in [-0.4, -0.2) is 0 Å². The molecule has 0 bridgehead atoms. The summed E-state index contributed by atoms with van der Waals surface area (Å²) in [6.45, 7) is 0. The van der Waals surface area contributed by atoms with Gasteiger partial charge in [-0.1, -0.05) is 41.9 Å². The highest BCUT2D eigenvalue weighted by Gasteiger charge is 2.08. The van der Waals surface area contributed by atoms with E-state index >= 15 is 0 Å². The molecule has 22 heavy (non-hydrogen) atoms. The van der Waals surface area contributed by atoms with E-state index in [4.69, 9.17) is 16.0 Å². The van der Waals surface area contributed by atoms with Gasteiger partial charge in [-0.2, -0.15) is 0 Å². The first-order valence-corrected chi connectivity index (χ1v) is 7.32. The number of hydrogen-bond donors (Lipinski definition) is 0. The second-order valence-corrected chi connectivity index (χ2v) is 5.58. The van der Waals surface area contributed by atoms with Crippen LogP contribution >= 0.6 is 11.6 Å². The van der Waals surface area contributed by atoms with Gasteiger partial charge in [0.2, 0.25) is 5.43 Å². The summed E-state index contributed by atoms with van der Waals surface area (Å²) in [5.74, 6) is 0. The molecule has 0 unspecified atom stereocenters. The lowest BCUT2D eigenvalue weighted by Gasteiger charge is -2.05. The Morgan fingerprint density at radius 3 is 2.23 bits per heavy atom. The molecule has 4 rings (SSSR count). The Morgan fingerprint density at radius 1 is 0.727 bits per heavy atom. The molecule has 0 aliphatic carbocycles. The van der Waals surface area contributed by atoms with E-state index in [9.17, 15) is 4.79 Å². The quantitative estimate of drug-likeness (QED) is 0.449. The number of fused-ring (bicyclic) bond motifs is 2. The summed E-state index contributed by atoms with van der Waals surface area (Å²) in [7, 11) is 0. The van der Waals surface area contributed by atoms with Gasteiger partial charge in [0.05, 0.1) is 10.8 Å². The van der Waals surface area contributed by atoms with Gasteiger partial charge in [-0.05, 0) is 47.5 Å². The van der Waals surface area contributed by atoms with Gasteiger partial charge >= 0.3 is 0 Å². The Morgan fingerprint density at radius 2 is 1.41 bits per heavy atom. The van der Waals surface area contributed by atoms with Crippen LogP contribution in [0, 0.1) is 0 Å². The first kappa shape index (κ1) is 13.1. The average molecular weight is 307 g/mol. The molecule has 0 radical (unpaired) electrons. The van der Waals surface area contributed by atoms with Crippen molar-refractivity contribution in [3.63, 3.8) is 0 Å². The monoisotopic (exact) mass is 306 g/mol.